The van der Waals surface area contributed by atoms with Crippen molar-refractivity contribution in [2.75, 3.05) is 31.7 Å². The van der Waals surface area contributed by atoms with Crippen molar-refractivity contribution in [3.63, 3.8) is 0 Å². The largest absolute Gasteiger partial charge is 2.00 e. The van der Waals surface area contributed by atoms with Crippen LogP contribution in [0.4, 0.5) is 0 Å². The van der Waals surface area contributed by atoms with Gasteiger partial charge >= 0.3 is 19.5 Å². The monoisotopic (exact) mass is 916 g/mol. The quantitative estimate of drug-likeness (QED) is 0.0578. The topological polar surface area (TPSA) is 89.5 Å². The van der Waals surface area contributed by atoms with E-state index >= 15 is 0 Å². The molecule has 5 nitrogen and oxygen atoms in total. The third-order valence-electron chi connectivity index (χ3n) is 8.94. The molecule has 0 aromatic heterocycles. The number of hydrogen-bond donors (Lipinski definition) is 0. The number of carbonyl (C=O) groups is 2. The number of carboxylic acids is 2. The average Bonchev–Trinajstić information content (AvgIpc) is 3.24. The fourth-order valence-corrected chi connectivity index (χ4v) is 15.1. The predicted molar refractivity (Wildman–Crippen MR) is 241 cm³/mol. The van der Waals surface area contributed by atoms with Crippen molar-refractivity contribution in [3.8, 4) is 0 Å². The first-order valence-corrected chi connectivity index (χ1v) is 23.9. The number of aliphatic carboxylic acids is 2. The zero-order chi connectivity index (χ0) is 40.7. The molecular weight excluding hydrogens is 863 g/mol. The van der Waals surface area contributed by atoms with Gasteiger partial charge in [0.15, 0.2) is 0 Å². The van der Waals surface area contributed by atoms with Crippen molar-refractivity contribution in [1.82, 2.24) is 0 Å². The van der Waals surface area contributed by atoms with Crippen molar-refractivity contribution in [1.29, 1.82) is 0 Å². The molecule has 0 unspecified atom stereocenters. The first kappa shape index (κ1) is 48.5. The molecule has 0 atom stereocenters. The van der Waals surface area contributed by atoms with Crippen molar-refractivity contribution >= 4 is 67.5 Å². The summed E-state index contributed by atoms with van der Waals surface area (Å²) in [4.78, 5) is 17.8. The summed E-state index contributed by atoms with van der Waals surface area (Å²) in [7, 11) is -1.98. The van der Waals surface area contributed by atoms with Crippen LogP contribution >= 0.6 is 23.8 Å². The van der Waals surface area contributed by atoms with Crippen LogP contribution in [0.25, 0.3) is 0 Å². The number of unbranched alkanes of at least 4 members (excludes halogenated alkanes) is 1. The molecular formula is C49H53O5P3Ru. The van der Waals surface area contributed by atoms with Crippen molar-refractivity contribution in [3.05, 3.63) is 182 Å². The van der Waals surface area contributed by atoms with Crippen LogP contribution in [0.3, 0.4) is 0 Å². The van der Waals surface area contributed by atoms with E-state index in [0.717, 1.165) is 58.4 Å². The van der Waals surface area contributed by atoms with E-state index in [0.29, 0.717) is 0 Å². The van der Waals surface area contributed by atoms with Gasteiger partial charge in [-0.25, -0.2) is 0 Å². The number of hydrogen-bond acceptors (Lipinski definition) is 5. The smallest absolute Gasteiger partial charge is 0.550 e. The van der Waals surface area contributed by atoms with Gasteiger partial charge in [0.2, 0.25) is 0 Å². The van der Waals surface area contributed by atoms with Gasteiger partial charge in [0.25, 0.3) is 0 Å². The van der Waals surface area contributed by atoms with Gasteiger partial charge < -0.3 is 24.5 Å². The van der Waals surface area contributed by atoms with Crippen LogP contribution in [0.2, 0.25) is 0 Å². The second kappa shape index (κ2) is 27.0. The van der Waals surface area contributed by atoms with Gasteiger partial charge in [0.1, 0.15) is 0 Å². The van der Waals surface area contributed by atoms with Gasteiger partial charge in [-0.05, 0) is 94.3 Å². The van der Waals surface area contributed by atoms with E-state index in [9.17, 15) is 0 Å². The maximum absolute atomic E-state index is 8.89. The predicted octanol–water partition coefficient (Wildman–Crippen LogP) is 6.70. The Morgan fingerprint density at radius 3 is 0.862 bits per heavy atom. The minimum atomic E-state index is -1.08. The molecule has 0 saturated heterocycles. The minimum absolute atomic E-state index is 0. The Bertz CT molecular complexity index is 1650. The van der Waals surface area contributed by atoms with Gasteiger partial charge in [0.05, 0.1) is 6.61 Å². The summed E-state index contributed by atoms with van der Waals surface area (Å²) < 4.78 is 6.89. The van der Waals surface area contributed by atoms with E-state index in [1.807, 2.05) is 0 Å². The van der Waals surface area contributed by atoms with E-state index in [4.69, 9.17) is 24.5 Å². The van der Waals surface area contributed by atoms with Gasteiger partial charge in [-0.2, -0.15) is 0 Å². The fourth-order valence-electron chi connectivity index (χ4n) is 6.47. The Morgan fingerprint density at radius 1 is 0.466 bits per heavy atom. The van der Waals surface area contributed by atoms with E-state index in [2.05, 4.69) is 189 Å². The SMILES string of the molecule is CC(=O)[O-].CC(=O)[O-].CCCCOCC(CP(c1ccccc1)c1ccccc1)(CP(c1ccccc1)c1ccccc1)CP(c1ccccc1)c1ccccc1.[Ru+2]. The molecule has 302 valence electrons. The van der Waals surface area contributed by atoms with E-state index in [1.165, 1.54) is 31.8 Å². The number of rotatable bonds is 17. The van der Waals surface area contributed by atoms with E-state index < -0.39 is 35.7 Å². The van der Waals surface area contributed by atoms with Crippen molar-refractivity contribution in [2.24, 2.45) is 5.41 Å². The molecule has 0 amide bonds. The molecule has 58 heavy (non-hydrogen) atoms. The van der Waals surface area contributed by atoms with E-state index in [-0.39, 0.29) is 24.9 Å². The van der Waals surface area contributed by atoms with Gasteiger partial charge in [0, 0.05) is 24.0 Å². The fraction of sp³-hybridized carbons (Fsp3) is 0.224. The van der Waals surface area contributed by atoms with Crippen LogP contribution in [-0.4, -0.2) is 43.6 Å². The summed E-state index contributed by atoms with van der Waals surface area (Å²) in [6.45, 7) is 5.76. The maximum Gasteiger partial charge on any atom is 2.00 e. The van der Waals surface area contributed by atoms with E-state index in [1.54, 1.807) is 0 Å². The number of carboxylic acid groups (broad SMARTS) is 2. The normalized spacial score (nSPS) is 10.8. The standard InChI is InChI=1S/C45H47OP3.2C2H4O2.Ru/c1-2-3-34-46-35-45(36-47(39-22-10-4-11-23-39)40-24-12-5-13-25-40,37-48(41-26-14-6-15-27-41)42-28-16-7-17-29-42)38-49(43-30-18-8-19-31-43)44-32-20-9-21-33-44;2*1-2(3)4;/h4-33H,2-3,34-38H2,1H3;2*1H3,(H,3,4);/q;;;+2/p-2. The average molecular weight is 916 g/mol. The molecule has 0 aliphatic carbocycles. The number of carbonyl (C=O) groups excluding carboxylic acids is 2. The molecule has 0 saturated carbocycles. The molecule has 0 heterocycles. The third-order valence-corrected chi connectivity index (χ3v) is 17.4. The zero-order valence-electron chi connectivity index (χ0n) is 33.5. The summed E-state index contributed by atoms with van der Waals surface area (Å²) in [6, 6.07) is 67.8. The molecule has 0 aliphatic rings. The first-order chi connectivity index (χ1) is 27.7. The summed E-state index contributed by atoms with van der Waals surface area (Å²) in [5.41, 5.74) is -0.0973. The molecule has 9 heteroatoms. The number of ether oxygens (including phenoxy) is 1. The second-order valence-electron chi connectivity index (χ2n) is 13.7. The molecule has 6 aromatic rings. The molecule has 0 fully saturated rings. The minimum Gasteiger partial charge on any atom is -0.550 e. The molecule has 6 rings (SSSR count). The maximum atomic E-state index is 8.89. The Balaban J connectivity index is 0.000000917. The molecule has 0 N–H and O–H groups in total. The van der Waals surface area contributed by atoms with Crippen LogP contribution in [0.15, 0.2) is 182 Å². The van der Waals surface area contributed by atoms with Gasteiger partial charge in [-0.3, -0.25) is 0 Å². The Morgan fingerprint density at radius 2 is 0.672 bits per heavy atom. The summed E-state index contributed by atoms with van der Waals surface area (Å²) >= 11 is 0. The van der Waals surface area contributed by atoms with Crippen molar-refractivity contribution in [2.45, 2.75) is 33.6 Å². The molecule has 0 spiro atoms. The molecule has 6 aromatic carbocycles. The third kappa shape index (κ3) is 16.8. The van der Waals surface area contributed by atoms with Crippen LogP contribution in [0.1, 0.15) is 33.6 Å². The van der Waals surface area contributed by atoms with Gasteiger partial charge in [-0.15, -0.1) is 0 Å². The summed E-state index contributed by atoms with van der Waals surface area (Å²) in [5.74, 6) is -2.17. The van der Waals surface area contributed by atoms with Gasteiger partial charge in [-0.1, -0.05) is 195 Å². The summed E-state index contributed by atoms with van der Waals surface area (Å²) in [6.07, 6.45) is 5.42. The first-order valence-electron chi connectivity index (χ1n) is 19.3. The Kier molecular flexibility index (Phi) is 22.6. The second-order valence-corrected chi connectivity index (χ2v) is 20.3. The zero-order valence-corrected chi connectivity index (χ0v) is 37.9. The van der Waals surface area contributed by atoms with Crippen LogP contribution < -0.4 is 42.0 Å². The Hall–Kier alpha value is -3.87. The van der Waals surface area contributed by atoms with Crippen LogP contribution in [0.5, 0.6) is 0 Å². The van der Waals surface area contributed by atoms with Crippen LogP contribution in [-0.2, 0) is 33.8 Å². The molecule has 0 aliphatic heterocycles. The van der Waals surface area contributed by atoms with Crippen LogP contribution in [0, 0.1) is 5.41 Å². The van der Waals surface area contributed by atoms with Crippen molar-refractivity contribution < 1.29 is 44.0 Å². The number of benzene rings is 6. The molecule has 0 bridgehead atoms. The molecule has 0 radical (unpaired) electrons. The summed E-state index contributed by atoms with van der Waals surface area (Å²) in [5, 5.41) is 26.4. The Labute approximate surface area is 362 Å².